The van der Waals surface area contributed by atoms with Gasteiger partial charge >= 0.3 is 0 Å². The fraction of sp³-hybridized carbons (Fsp3) is 0.417. The van der Waals surface area contributed by atoms with E-state index in [1.807, 2.05) is 16.8 Å². The van der Waals surface area contributed by atoms with Gasteiger partial charge in [0.2, 0.25) is 0 Å². The van der Waals surface area contributed by atoms with Crippen molar-refractivity contribution in [2.45, 2.75) is 25.8 Å². The summed E-state index contributed by atoms with van der Waals surface area (Å²) in [5.41, 5.74) is 3.09. The van der Waals surface area contributed by atoms with Crippen LogP contribution < -0.4 is 5.32 Å². The molecule has 0 saturated carbocycles. The number of hydrogen-bond donors (Lipinski definition) is 1. The molecule has 2 aromatic heterocycles. The summed E-state index contributed by atoms with van der Waals surface area (Å²) in [5, 5.41) is 7.78. The van der Waals surface area contributed by atoms with Crippen LogP contribution in [0.15, 0.2) is 28.4 Å². The minimum atomic E-state index is 0.539. The first-order valence-corrected chi connectivity index (χ1v) is 7.29. The third-order valence-electron chi connectivity index (χ3n) is 2.44. The summed E-state index contributed by atoms with van der Waals surface area (Å²) in [6.07, 6.45) is 2.15. The molecule has 0 spiro atoms. The second-order valence-electron chi connectivity index (χ2n) is 3.87. The van der Waals surface area contributed by atoms with Gasteiger partial charge in [0, 0.05) is 29.3 Å². The molecule has 0 fully saturated rings. The Morgan fingerprint density at radius 3 is 3.12 bits per heavy atom. The van der Waals surface area contributed by atoms with Gasteiger partial charge in [0.25, 0.3) is 0 Å². The molecule has 86 valence electrons. The van der Waals surface area contributed by atoms with Crippen molar-refractivity contribution < 1.29 is 0 Å². The second kappa shape index (κ2) is 6.13. The number of aromatic nitrogens is 1. The van der Waals surface area contributed by atoms with Crippen molar-refractivity contribution in [2.24, 2.45) is 0 Å². The molecule has 1 unspecified atom stereocenters. The van der Waals surface area contributed by atoms with Gasteiger partial charge in [0.15, 0.2) is 0 Å². The molecule has 2 aromatic rings. The summed E-state index contributed by atoms with van der Waals surface area (Å²) in [5.74, 6) is 0. The zero-order chi connectivity index (χ0) is 11.2. The van der Waals surface area contributed by atoms with E-state index in [-0.39, 0.29) is 0 Å². The summed E-state index contributed by atoms with van der Waals surface area (Å²) < 4.78 is 0. The summed E-state index contributed by atoms with van der Waals surface area (Å²) in [6.45, 7) is 3.25. The zero-order valence-electron chi connectivity index (χ0n) is 9.35. The highest BCUT2D eigenvalue weighted by Crippen LogP contribution is 2.10. The van der Waals surface area contributed by atoms with E-state index in [0.29, 0.717) is 6.04 Å². The maximum absolute atomic E-state index is 4.27. The monoisotopic (exact) mass is 252 g/mol. The average Bonchev–Trinajstić information content (AvgIpc) is 2.90. The molecule has 0 aliphatic heterocycles. The molecule has 1 atom stereocenters. The highest BCUT2D eigenvalue weighted by molar-refractivity contribution is 7.09. The first kappa shape index (κ1) is 11.8. The van der Waals surface area contributed by atoms with Gasteiger partial charge in [-0.05, 0) is 24.8 Å². The third kappa shape index (κ3) is 3.70. The highest BCUT2D eigenvalue weighted by atomic mass is 32.1. The van der Waals surface area contributed by atoms with Gasteiger partial charge in [0.1, 0.15) is 0 Å². The SMILES string of the molecule is CC(Cc1cccs1)NCCc1cscn1. The van der Waals surface area contributed by atoms with E-state index in [9.17, 15) is 0 Å². The predicted molar refractivity (Wildman–Crippen MR) is 71.3 cm³/mol. The molecule has 2 heterocycles. The van der Waals surface area contributed by atoms with E-state index in [0.717, 1.165) is 19.4 Å². The number of thiazole rings is 1. The molecule has 4 heteroatoms. The highest BCUT2D eigenvalue weighted by Gasteiger charge is 2.03. The molecular weight excluding hydrogens is 236 g/mol. The van der Waals surface area contributed by atoms with Gasteiger partial charge in [-0.2, -0.15) is 0 Å². The normalized spacial score (nSPS) is 12.8. The van der Waals surface area contributed by atoms with Crippen LogP contribution in [0.3, 0.4) is 0 Å². The molecule has 0 amide bonds. The van der Waals surface area contributed by atoms with Crippen LogP contribution in [-0.4, -0.2) is 17.6 Å². The molecule has 0 bridgehead atoms. The van der Waals surface area contributed by atoms with Crippen LogP contribution in [0.25, 0.3) is 0 Å². The van der Waals surface area contributed by atoms with Crippen LogP contribution in [0, 0.1) is 0 Å². The second-order valence-corrected chi connectivity index (χ2v) is 5.62. The molecule has 2 rings (SSSR count). The summed E-state index contributed by atoms with van der Waals surface area (Å²) in [6, 6.07) is 4.85. The quantitative estimate of drug-likeness (QED) is 0.855. The maximum atomic E-state index is 4.27. The van der Waals surface area contributed by atoms with Crippen molar-refractivity contribution in [2.75, 3.05) is 6.54 Å². The topological polar surface area (TPSA) is 24.9 Å². The Kier molecular flexibility index (Phi) is 4.51. The lowest BCUT2D eigenvalue weighted by Gasteiger charge is -2.11. The lowest BCUT2D eigenvalue weighted by atomic mass is 10.2. The van der Waals surface area contributed by atoms with E-state index in [4.69, 9.17) is 0 Å². The van der Waals surface area contributed by atoms with Crippen molar-refractivity contribution >= 4 is 22.7 Å². The Labute approximate surface area is 104 Å². The van der Waals surface area contributed by atoms with Crippen molar-refractivity contribution in [3.8, 4) is 0 Å². The fourth-order valence-corrected chi connectivity index (χ4v) is 3.04. The minimum Gasteiger partial charge on any atom is -0.314 e. The van der Waals surface area contributed by atoms with E-state index in [2.05, 4.69) is 40.1 Å². The van der Waals surface area contributed by atoms with E-state index >= 15 is 0 Å². The molecule has 0 aliphatic carbocycles. The molecule has 16 heavy (non-hydrogen) atoms. The Morgan fingerprint density at radius 2 is 2.44 bits per heavy atom. The average molecular weight is 252 g/mol. The molecule has 1 N–H and O–H groups in total. The van der Waals surface area contributed by atoms with Crippen LogP contribution in [0.1, 0.15) is 17.5 Å². The first-order valence-electron chi connectivity index (χ1n) is 5.47. The lowest BCUT2D eigenvalue weighted by molar-refractivity contribution is 0.550. The van der Waals surface area contributed by atoms with E-state index < -0.39 is 0 Å². The van der Waals surface area contributed by atoms with Crippen molar-refractivity contribution in [3.05, 3.63) is 39.0 Å². The largest absolute Gasteiger partial charge is 0.314 e. The summed E-state index contributed by atoms with van der Waals surface area (Å²) >= 11 is 3.50. The lowest BCUT2D eigenvalue weighted by Crippen LogP contribution is -2.29. The van der Waals surface area contributed by atoms with Gasteiger partial charge in [-0.15, -0.1) is 22.7 Å². The minimum absolute atomic E-state index is 0.539. The molecule has 0 aromatic carbocycles. The smallest absolute Gasteiger partial charge is 0.0794 e. The molecular formula is C12H16N2S2. The maximum Gasteiger partial charge on any atom is 0.0794 e. The Morgan fingerprint density at radius 1 is 1.50 bits per heavy atom. The predicted octanol–water partition coefficient (Wildman–Crippen LogP) is 2.97. The van der Waals surface area contributed by atoms with E-state index in [1.165, 1.54) is 10.6 Å². The van der Waals surface area contributed by atoms with Gasteiger partial charge in [-0.25, -0.2) is 4.98 Å². The number of nitrogens with zero attached hydrogens (tertiary/aromatic N) is 1. The fourth-order valence-electron chi connectivity index (χ4n) is 1.61. The van der Waals surface area contributed by atoms with Crippen LogP contribution >= 0.6 is 22.7 Å². The van der Waals surface area contributed by atoms with E-state index in [1.54, 1.807) is 11.3 Å². The van der Waals surface area contributed by atoms with Crippen LogP contribution in [0.5, 0.6) is 0 Å². The number of hydrogen-bond acceptors (Lipinski definition) is 4. The number of nitrogens with one attached hydrogen (secondary N) is 1. The van der Waals surface area contributed by atoms with Gasteiger partial charge in [-0.1, -0.05) is 6.07 Å². The van der Waals surface area contributed by atoms with Crippen molar-refractivity contribution in [1.29, 1.82) is 0 Å². The molecule has 0 saturated heterocycles. The molecule has 2 nitrogen and oxygen atoms in total. The molecule has 0 radical (unpaired) electrons. The van der Waals surface area contributed by atoms with Gasteiger partial charge in [-0.3, -0.25) is 0 Å². The molecule has 0 aliphatic rings. The number of thiophene rings is 1. The van der Waals surface area contributed by atoms with Gasteiger partial charge < -0.3 is 5.32 Å². The summed E-state index contributed by atoms with van der Waals surface area (Å²) in [4.78, 5) is 5.72. The Balaban J connectivity index is 1.66. The Bertz CT molecular complexity index is 381. The number of rotatable bonds is 6. The first-order chi connectivity index (χ1) is 7.84. The van der Waals surface area contributed by atoms with Crippen molar-refractivity contribution in [3.63, 3.8) is 0 Å². The van der Waals surface area contributed by atoms with Crippen LogP contribution in [-0.2, 0) is 12.8 Å². The standard InChI is InChI=1S/C12H16N2S2/c1-10(7-12-3-2-6-16-12)13-5-4-11-8-15-9-14-11/h2-3,6,8-10,13H,4-5,7H2,1H3. The zero-order valence-corrected chi connectivity index (χ0v) is 11.0. The van der Waals surface area contributed by atoms with Crippen molar-refractivity contribution in [1.82, 2.24) is 10.3 Å². The van der Waals surface area contributed by atoms with Crippen LogP contribution in [0.2, 0.25) is 0 Å². The Hall–Kier alpha value is -0.710. The van der Waals surface area contributed by atoms with Gasteiger partial charge in [0.05, 0.1) is 11.2 Å². The van der Waals surface area contributed by atoms with Crippen LogP contribution in [0.4, 0.5) is 0 Å². The summed E-state index contributed by atoms with van der Waals surface area (Å²) in [7, 11) is 0. The third-order valence-corrected chi connectivity index (χ3v) is 3.98.